The minimum Gasteiger partial charge on any atom is -0.504 e. The van der Waals surface area contributed by atoms with Crippen molar-refractivity contribution in [1.29, 1.82) is 0 Å². The fraction of sp³-hybridized carbons (Fsp3) is 0.579. The molecule has 72 heavy (non-hydrogen) atoms. The van der Waals surface area contributed by atoms with Crippen molar-refractivity contribution in [2.75, 3.05) is 19.8 Å². The van der Waals surface area contributed by atoms with Crippen molar-refractivity contribution in [2.24, 2.45) is 17.8 Å². The molecule has 0 aliphatic carbocycles. The molecule has 4 aromatic rings. The van der Waals surface area contributed by atoms with Crippen LogP contribution in [0.2, 0.25) is 0 Å². The Morgan fingerprint density at radius 3 is 0.861 bits per heavy atom. The van der Waals surface area contributed by atoms with Crippen molar-refractivity contribution in [1.82, 2.24) is 15.0 Å². The van der Waals surface area contributed by atoms with E-state index in [2.05, 4.69) is 41.5 Å². The molecule has 0 radical (unpaired) electrons. The third-order valence-corrected chi connectivity index (χ3v) is 11.4. The van der Waals surface area contributed by atoms with Crippen molar-refractivity contribution in [3.8, 4) is 68.7 Å². The summed E-state index contributed by atoms with van der Waals surface area (Å²) in [6.07, 6.45) is 9.52. The van der Waals surface area contributed by atoms with Gasteiger partial charge in [-0.3, -0.25) is 0 Å². The zero-order valence-corrected chi connectivity index (χ0v) is 44.9. The average Bonchev–Trinajstić information content (AvgIpc) is 3.30. The Hall–Kier alpha value is -6.12. The quantitative estimate of drug-likeness (QED) is 0.0252. The number of rotatable bonds is 30. The number of nitrogens with zero attached hydrogens (tertiary/aromatic N) is 3. The molecule has 396 valence electrons. The van der Waals surface area contributed by atoms with Crippen LogP contribution in [0.5, 0.6) is 34.5 Å². The topological polar surface area (TPSA) is 206 Å². The predicted octanol–water partition coefficient (Wildman–Crippen LogP) is 13.5. The van der Waals surface area contributed by atoms with Crippen molar-refractivity contribution in [3.63, 3.8) is 0 Å². The van der Waals surface area contributed by atoms with Gasteiger partial charge in [0.15, 0.2) is 52.0 Å². The molecule has 0 fully saturated rings. The number of ether oxygens (including phenoxy) is 6. The molecule has 0 aliphatic heterocycles. The number of phenols is 3. The SMILES string of the molecule is CC(C)CCCCCOC(=O)c1ccc(-c2nc(-c3ccc(C(=O)OCCCCCC(C)C)c(OC(C)C)c3O)nc(-c3ccc(C(=O)OCCCCCC(C)C)c(OC(C)C)c3O)n2)c(O)c1OC(C)C. The Kier molecular flexibility index (Phi) is 23.4. The zero-order chi connectivity index (χ0) is 53.1. The van der Waals surface area contributed by atoms with Gasteiger partial charge in [-0.25, -0.2) is 29.3 Å². The molecular formula is C57H81N3O12. The van der Waals surface area contributed by atoms with Crippen molar-refractivity contribution in [3.05, 3.63) is 53.1 Å². The molecule has 15 nitrogen and oxygen atoms in total. The van der Waals surface area contributed by atoms with Crippen molar-refractivity contribution in [2.45, 2.75) is 178 Å². The molecule has 0 unspecified atom stereocenters. The number of phenolic OH excluding ortho intramolecular Hbond substituents is 3. The Morgan fingerprint density at radius 1 is 0.389 bits per heavy atom. The van der Waals surface area contributed by atoms with E-state index in [-0.39, 0.29) is 87.9 Å². The molecule has 0 bridgehead atoms. The van der Waals surface area contributed by atoms with Gasteiger partial charge < -0.3 is 43.7 Å². The van der Waals surface area contributed by atoms with Crippen LogP contribution in [0.4, 0.5) is 0 Å². The maximum atomic E-state index is 13.6. The zero-order valence-electron chi connectivity index (χ0n) is 44.9. The second-order valence-electron chi connectivity index (χ2n) is 20.5. The highest BCUT2D eigenvalue weighted by molar-refractivity contribution is 5.97. The lowest BCUT2D eigenvalue weighted by molar-refractivity contribution is 0.0480. The van der Waals surface area contributed by atoms with E-state index in [1.807, 2.05) is 0 Å². The molecule has 1 aromatic heterocycles. The summed E-state index contributed by atoms with van der Waals surface area (Å²) in [7, 11) is 0. The number of carbonyl (C=O) groups excluding carboxylic acids is 3. The number of aromatic hydroxyl groups is 3. The summed E-state index contributed by atoms with van der Waals surface area (Å²) in [5.41, 5.74) is -0.0467. The minimum absolute atomic E-state index is 0.000688. The molecule has 3 N–H and O–H groups in total. The predicted molar refractivity (Wildman–Crippen MR) is 279 cm³/mol. The molecular weight excluding hydrogens is 919 g/mol. The van der Waals surface area contributed by atoms with Gasteiger partial charge in [0.05, 0.1) is 54.8 Å². The Bertz CT molecular complexity index is 2120. The Balaban J connectivity index is 1.89. The number of hydrogen-bond donors (Lipinski definition) is 3. The van der Waals surface area contributed by atoms with Gasteiger partial charge in [-0.2, -0.15) is 0 Å². The second-order valence-corrected chi connectivity index (χ2v) is 20.5. The largest absolute Gasteiger partial charge is 0.504 e. The van der Waals surface area contributed by atoms with Gasteiger partial charge in [0.2, 0.25) is 0 Å². The highest BCUT2D eigenvalue weighted by atomic mass is 16.5. The summed E-state index contributed by atoms with van der Waals surface area (Å²) in [6.45, 7) is 24.0. The van der Waals surface area contributed by atoms with E-state index >= 15 is 0 Å². The summed E-state index contributed by atoms with van der Waals surface area (Å²) in [4.78, 5) is 54.8. The molecule has 0 amide bonds. The van der Waals surface area contributed by atoms with Crippen molar-refractivity contribution < 1.29 is 58.1 Å². The van der Waals surface area contributed by atoms with Crippen LogP contribution in [0.3, 0.4) is 0 Å². The third kappa shape index (κ3) is 17.6. The standard InChI is InChI=1S/C57H81N3O12/c1-34(2)22-16-13-19-31-67-55(64)43-28-25-40(46(61)49(43)70-37(7)8)52-58-53(41-26-29-44(50(47(41)62)71-38(9)10)56(65)68-32-20-14-17-23-35(3)4)60-54(59-52)42-27-30-45(51(48(42)63)72-39(11)12)57(66)69-33-21-15-18-24-36(5)6/h25-30,34-39,61-63H,13-24,31-33H2,1-12H3. The molecule has 3 aromatic carbocycles. The third-order valence-electron chi connectivity index (χ3n) is 11.4. The van der Waals surface area contributed by atoms with Gasteiger partial charge >= 0.3 is 17.9 Å². The molecule has 1 heterocycles. The molecule has 15 heteroatoms. The van der Waals surface area contributed by atoms with Crippen LogP contribution in [0.1, 0.15) is 191 Å². The van der Waals surface area contributed by atoms with Gasteiger partial charge in [0.1, 0.15) is 16.7 Å². The maximum absolute atomic E-state index is 13.6. The molecule has 0 spiro atoms. The van der Waals surface area contributed by atoms with E-state index in [1.54, 1.807) is 41.5 Å². The first-order valence-corrected chi connectivity index (χ1v) is 26.1. The van der Waals surface area contributed by atoms with E-state index in [0.717, 1.165) is 57.8 Å². The summed E-state index contributed by atoms with van der Waals surface area (Å²) < 4.78 is 35.1. The van der Waals surface area contributed by atoms with Gasteiger partial charge in [0, 0.05) is 0 Å². The number of hydrogen-bond acceptors (Lipinski definition) is 15. The van der Waals surface area contributed by atoms with E-state index < -0.39 is 53.5 Å². The number of carbonyl (C=O) groups is 3. The Morgan fingerprint density at radius 2 is 0.639 bits per heavy atom. The van der Waals surface area contributed by atoms with E-state index in [1.165, 1.54) is 36.4 Å². The van der Waals surface area contributed by atoms with Crippen LogP contribution in [-0.4, -0.2) is 86.3 Å². The molecule has 0 atom stereocenters. The lowest BCUT2D eigenvalue weighted by atomic mass is 10.0. The molecule has 0 saturated heterocycles. The van der Waals surface area contributed by atoms with Crippen LogP contribution in [0.15, 0.2) is 36.4 Å². The van der Waals surface area contributed by atoms with Crippen LogP contribution in [0.25, 0.3) is 34.2 Å². The lowest BCUT2D eigenvalue weighted by Gasteiger charge is -2.19. The normalized spacial score (nSPS) is 11.6. The van der Waals surface area contributed by atoms with Crippen LogP contribution >= 0.6 is 0 Å². The number of unbranched alkanes of at least 4 members (excludes halogenated alkanes) is 6. The van der Waals surface area contributed by atoms with E-state index in [9.17, 15) is 29.7 Å². The molecule has 0 aliphatic rings. The van der Waals surface area contributed by atoms with Gasteiger partial charge in [-0.05, 0) is 115 Å². The molecule has 0 saturated carbocycles. The fourth-order valence-corrected chi connectivity index (χ4v) is 7.76. The first kappa shape index (κ1) is 58.5. The average molecular weight is 1000 g/mol. The molecule has 4 rings (SSSR count). The number of aromatic nitrogens is 3. The summed E-state index contributed by atoms with van der Waals surface area (Å²) in [5.74, 6) is -2.74. The van der Waals surface area contributed by atoms with Crippen LogP contribution in [0, 0.1) is 17.8 Å². The second kappa shape index (κ2) is 28.8. The highest BCUT2D eigenvalue weighted by Crippen LogP contribution is 2.45. The van der Waals surface area contributed by atoms with Gasteiger partial charge in [0.25, 0.3) is 0 Å². The van der Waals surface area contributed by atoms with Crippen LogP contribution in [-0.2, 0) is 14.2 Å². The number of esters is 3. The lowest BCUT2D eigenvalue weighted by Crippen LogP contribution is -2.14. The van der Waals surface area contributed by atoms with Gasteiger partial charge in [-0.1, -0.05) is 99.3 Å². The fourth-order valence-electron chi connectivity index (χ4n) is 7.76. The van der Waals surface area contributed by atoms with Gasteiger partial charge in [-0.15, -0.1) is 0 Å². The van der Waals surface area contributed by atoms with E-state index in [4.69, 9.17) is 43.4 Å². The Labute approximate surface area is 427 Å². The maximum Gasteiger partial charge on any atom is 0.342 e. The summed E-state index contributed by atoms with van der Waals surface area (Å²) >= 11 is 0. The summed E-state index contributed by atoms with van der Waals surface area (Å²) in [5, 5.41) is 36.1. The summed E-state index contributed by atoms with van der Waals surface area (Å²) in [6, 6.07) is 8.66. The number of benzene rings is 3. The first-order chi connectivity index (χ1) is 34.2. The monoisotopic (exact) mass is 1000 g/mol. The van der Waals surface area contributed by atoms with Crippen LogP contribution < -0.4 is 14.2 Å². The first-order valence-electron chi connectivity index (χ1n) is 26.1. The smallest absolute Gasteiger partial charge is 0.342 e. The minimum atomic E-state index is -0.687. The van der Waals surface area contributed by atoms with E-state index in [0.29, 0.717) is 37.0 Å². The van der Waals surface area contributed by atoms with Crippen molar-refractivity contribution >= 4 is 17.9 Å². The highest BCUT2D eigenvalue weighted by Gasteiger charge is 2.29.